The van der Waals surface area contributed by atoms with Crippen molar-refractivity contribution in [1.82, 2.24) is 15.5 Å². The molecular formula is C14H28N4O. The molecule has 0 aliphatic heterocycles. The van der Waals surface area contributed by atoms with Gasteiger partial charge >= 0.3 is 0 Å². The highest BCUT2D eigenvalue weighted by molar-refractivity contribution is 5.79. The van der Waals surface area contributed by atoms with Crippen molar-refractivity contribution in [3.63, 3.8) is 0 Å². The van der Waals surface area contributed by atoms with Gasteiger partial charge in [0.1, 0.15) is 0 Å². The van der Waals surface area contributed by atoms with Crippen LogP contribution >= 0.6 is 0 Å². The second kappa shape index (κ2) is 9.81. The Morgan fingerprint density at radius 2 is 2.21 bits per heavy atom. The molecule has 1 fully saturated rings. The van der Waals surface area contributed by atoms with E-state index in [1.54, 1.807) is 7.11 Å². The number of guanidine groups is 1. The number of hydrogen-bond donors (Lipinski definition) is 2. The predicted octanol–water partition coefficient (Wildman–Crippen LogP) is 0.838. The summed E-state index contributed by atoms with van der Waals surface area (Å²) in [5, 5.41) is 6.44. The van der Waals surface area contributed by atoms with Gasteiger partial charge < -0.3 is 15.4 Å². The molecule has 2 N–H and O–H groups in total. The Morgan fingerprint density at radius 3 is 2.79 bits per heavy atom. The third-order valence-corrected chi connectivity index (χ3v) is 3.06. The van der Waals surface area contributed by atoms with Gasteiger partial charge in [-0.1, -0.05) is 6.08 Å². The first-order valence-corrected chi connectivity index (χ1v) is 7.17. The van der Waals surface area contributed by atoms with Gasteiger partial charge in [-0.15, -0.1) is 6.58 Å². The van der Waals surface area contributed by atoms with Crippen LogP contribution in [0, 0.1) is 0 Å². The van der Waals surface area contributed by atoms with Crippen LogP contribution in [-0.4, -0.2) is 63.3 Å². The molecule has 110 valence electrons. The molecule has 0 spiro atoms. The average Bonchev–Trinajstić information content (AvgIpc) is 3.24. The first kappa shape index (κ1) is 16.0. The van der Waals surface area contributed by atoms with Gasteiger partial charge in [0, 0.05) is 39.3 Å². The Bertz CT molecular complexity index is 277. The van der Waals surface area contributed by atoms with Crippen molar-refractivity contribution in [3.8, 4) is 0 Å². The summed E-state index contributed by atoms with van der Waals surface area (Å²) in [5.41, 5.74) is 0. The number of aliphatic imine (C=N–C) groups is 1. The Labute approximate surface area is 117 Å². The molecule has 0 unspecified atom stereocenters. The highest BCUT2D eigenvalue weighted by Gasteiger charge is 2.27. The van der Waals surface area contributed by atoms with Gasteiger partial charge in [0.05, 0.1) is 13.2 Å². The van der Waals surface area contributed by atoms with Crippen LogP contribution in [0.15, 0.2) is 17.6 Å². The van der Waals surface area contributed by atoms with E-state index < -0.39 is 0 Å². The summed E-state index contributed by atoms with van der Waals surface area (Å²) in [5.74, 6) is 0.866. The van der Waals surface area contributed by atoms with Gasteiger partial charge in [0.15, 0.2) is 5.96 Å². The molecule has 0 aromatic heterocycles. The average molecular weight is 268 g/mol. The molecule has 1 saturated carbocycles. The molecule has 0 bridgehead atoms. The highest BCUT2D eigenvalue weighted by Crippen LogP contribution is 2.26. The van der Waals surface area contributed by atoms with E-state index in [9.17, 15) is 0 Å². The highest BCUT2D eigenvalue weighted by atomic mass is 16.5. The van der Waals surface area contributed by atoms with Gasteiger partial charge in [0.2, 0.25) is 0 Å². The van der Waals surface area contributed by atoms with Crippen LogP contribution in [0.3, 0.4) is 0 Å². The third-order valence-electron chi connectivity index (χ3n) is 3.06. The number of ether oxygens (including phenoxy) is 1. The summed E-state index contributed by atoms with van der Waals surface area (Å²) in [7, 11) is 1.76. The molecule has 0 atom stereocenters. The van der Waals surface area contributed by atoms with Crippen molar-refractivity contribution >= 4 is 5.96 Å². The molecule has 5 nitrogen and oxygen atoms in total. The van der Waals surface area contributed by atoms with Crippen molar-refractivity contribution in [2.24, 2.45) is 4.99 Å². The maximum absolute atomic E-state index is 5.16. The number of hydrogen-bond acceptors (Lipinski definition) is 3. The Morgan fingerprint density at radius 1 is 1.42 bits per heavy atom. The molecule has 5 heteroatoms. The molecule has 0 aromatic carbocycles. The lowest BCUT2D eigenvalue weighted by molar-refractivity contribution is 0.145. The van der Waals surface area contributed by atoms with Crippen molar-refractivity contribution in [1.29, 1.82) is 0 Å². The number of methoxy groups -OCH3 is 1. The van der Waals surface area contributed by atoms with E-state index in [0.717, 1.165) is 51.3 Å². The lowest BCUT2D eigenvalue weighted by Crippen LogP contribution is -2.38. The predicted molar refractivity (Wildman–Crippen MR) is 80.6 cm³/mol. The zero-order valence-electron chi connectivity index (χ0n) is 12.3. The maximum Gasteiger partial charge on any atom is 0.191 e. The Balaban J connectivity index is 2.31. The lowest BCUT2D eigenvalue weighted by atomic mass is 10.4. The second-order valence-corrected chi connectivity index (χ2v) is 4.69. The summed E-state index contributed by atoms with van der Waals surface area (Å²) in [4.78, 5) is 7.05. The van der Waals surface area contributed by atoms with Crippen LogP contribution in [0.5, 0.6) is 0 Å². The number of nitrogens with zero attached hydrogens (tertiary/aromatic N) is 2. The fourth-order valence-corrected chi connectivity index (χ4v) is 1.93. The third kappa shape index (κ3) is 7.18. The zero-order chi connectivity index (χ0) is 13.9. The van der Waals surface area contributed by atoms with E-state index in [0.29, 0.717) is 0 Å². The molecular weight excluding hydrogens is 240 g/mol. The molecule has 1 aliphatic rings. The van der Waals surface area contributed by atoms with E-state index in [-0.39, 0.29) is 0 Å². The van der Waals surface area contributed by atoms with Gasteiger partial charge in [0.25, 0.3) is 0 Å². The largest absolute Gasteiger partial charge is 0.383 e. The normalized spacial score (nSPS) is 15.6. The number of rotatable bonds is 10. The quantitative estimate of drug-likeness (QED) is 0.350. The molecule has 1 aliphatic carbocycles. The molecule has 1 rings (SSSR count). The minimum atomic E-state index is 0.738. The topological polar surface area (TPSA) is 48.9 Å². The van der Waals surface area contributed by atoms with E-state index in [4.69, 9.17) is 4.74 Å². The van der Waals surface area contributed by atoms with Gasteiger partial charge in [-0.3, -0.25) is 9.89 Å². The zero-order valence-corrected chi connectivity index (χ0v) is 12.3. The summed E-state index contributed by atoms with van der Waals surface area (Å²) in [6.07, 6.45) is 4.48. The summed E-state index contributed by atoms with van der Waals surface area (Å²) < 4.78 is 5.16. The number of nitrogens with one attached hydrogen (secondary N) is 2. The molecule has 0 radical (unpaired) electrons. The van der Waals surface area contributed by atoms with Crippen LogP contribution in [0.4, 0.5) is 0 Å². The van der Waals surface area contributed by atoms with E-state index >= 15 is 0 Å². The minimum absolute atomic E-state index is 0.738. The summed E-state index contributed by atoms with van der Waals surface area (Å²) >= 11 is 0. The molecule has 0 aromatic rings. The second-order valence-electron chi connectivity index (χ2n) is 4.69. The fraction of sp³-hybridized carbons (Fsp3) is 0.786. The smallest absolute Gasteiger partial charge is 0.191 e. The molecule has 19 heavy (non-hydrogen) atoms. The van der Waals surface area contributed by atoms with Crippen LogP contribution in [-0.2, 0) is 4.74 Å². The fourth-order valence-electron chi connectivity index (χ4n) is 1.93. The first-order valence-electron chi connectivity index (χ1n) is 7.17. The van der Waals surface area contributed by atoms with E-state index in [1.165, 1.54) is 12.8 Å². The monoisotopic (exact) mass is 268 g/mol. The van der Waals surface area contributed by atoms with Crippen LogP contribution < -0.4 is 10.6 Å². The Kier molecular flexibility index (Phi) is 8.25. The van der Waals surface area contributed by atoms with Crippen molar-refractivity contribution in [3.05, 3.63) is 12.7 Å². The van der Waals surface area contributed by atoms with E-state index in [2.05, 4.69) is 34.0 Å². The van der Waals surface area contributed by atoms with Crippen LogP contribution in [0.25, 0.3) is 0 Å². The van der Waals surface area contributed by atoms with Crippen LogP contribution in [0.1, 0.15) is 19.8 Å². The van der Waals surface area contributed by atoms with Crippen molar-refractivity contribution in [2.75, 3.05) is 46.4 Å². The SMILES string of the molecule is C=CCNC(=NCCN(CCOC)C1CC1)NCC. The maximum atomic E-state index is 5.16. The van der Waals surface area contributed by atoms with Gasteiger partial charge in [-0.2, -0.15) is 0 Å². The first-order chi connectivity index (χ1) is 9.31. The summed E-state index contributed by atoms with van der Waals surface area (Å²) in [6, 6.07) is 0.758. The van der Waals surface area contributed by atoms with E-state index in [1.807, 2.05) is 6.08 Å². The van der Waals surface area contributed by atoms with Crippen molar-refractivity contribution in [2.45, 2.75) is 25.8 Å². The van der Waals surface area contributed by atoms with Crippen molar-refractivity contribution < 1.29 is 4.74 Å². The Hall–Kier alpha value is -1.07. The standard InChI is InChI=1S/C14H28N4O/c1-4-8-16-14(15-5-2)17-9-10-18(11-12-19-3)13-6-7-13/h4,13H,1,5-12H2,2-3H3,(H2,15,16,17). The molecule has 0 heterocycles. The van der Waals surface area contributed by atoms with Gasteiger partial charge in [-0.25, -0.2) is 0 Å². The van der Waals surface area contributed by atoms with Crippen LogP contribution in [0.2, 0.25) is 0 Å². The summed E-state index contributed by atoms with van der Waals surface area (Å²) in [6.45, 7) is 11.0. The lowest BCUT2D eigenvalue weighted by Gasteiger charge is -2.20. The molecule has 0 amide bonds. The minimum Gasteiger partial charge on any atom is -0.383 e. The van der Waals surface area contributed by atoms with Gasteiger partial charge in [-0.05, 0) is 19.8 Å². The molecule has 0 saturated heterocycles.